The Morgan fingerprint density at radius 1 is 1.83 bits per heavy atom. The van der Waals surface area contributed by atoms with Gasteiger partial charge in [-0.25, -0.2) is 0 Å². The summed E-state index contributed by atoms with van der Waals surface area (Å²) >= 11 is 0.0365. The number of nitriles is 1. The minimum atomic E-state index is 0.0365. The van der Waals surface area contributed by atoms with Crippen molar-refractivity contribution >= 4 is 15.0 Å². The molecular weight excluding hydrogens is 141 g/mol. The van der Waals surface area contributed by atoms with Crippen LogP contribution in [0.1, 0.15) is 0 Å². The maximum atomic E-state index is 7.88. The van der Waals surface area contributed by atoms with Gasteiger partial charge in [0.2, 0.25) is 0 Å². The maximum absolute atomic E-state index is 7.88. The Labute approximate surface area is 43.5 Å². The summed E-state index contributed by atoms with van der Waals surface area (Å²) in [5, 5.41) is 8.52. The van der Waals surface area contributed by atoms with E-state index < -0.39 is 0 Å². The third kappa shape index (κ3) is 3.57. The molecule has 0 aliphatic carbocycles. The van der Waals surface area contributed by atoms with Crippen LogP contribution >= 0.6 is 0 Å². The molecule has 0 radical (unpaired) electrons. The Morgan fingerprint density at radius 3 is 2.67 bits per heavy atom. The molecule has 0 saturated heterocycles. The second-order valence-corrected chi connectivity index (χ2v) is 2.18. The van der Waals surface area contributed by atoms with Gasteiger partial charge in [0, 0.05) is 0 Å². The fourth-order valence-electron chi connectivity index (χ4n) is 0.0739. The van der Waals surface area contributed by atoms with Gasteiger partial charge in [-0.05, 0) is 0 Å². The van der Waals surface area contributed by atoms with E-state index in [4.69, 9.17) is 11.7 Å². The summed E-state index contributed by atoms with van der Waals surface area (Å²) in [4.78, 5) is 1.99. The number of hydrogen-bond donors (Lipinski definition) is 0. The molecule has 0 aliphatic heterocycles. The summed E-state index contributed by atoms with van der Waals surface area (Å²) in [6, 6.07) is 0. The first-order valence-electron chi connectivity index (χ1n) is 1.36. The molecule has 0 saturated carbocycles. The molecule has 0 N–H and O–H groups in total. The molecule has 1 nitrogen and oxygen atoms in total. The Morgan fingerprint density at radius 2 is 2.50 bits per heavy atom. The van der Waals surface area contributed by atoms with Gasteiger partial charge in [-0.3, -0.25) is 0 Å². The number of rotatable bonds is 1. The molecular formula is C4H3NSe. The first-order valence-corrected chi connectivity index (χ1v) is 3.43. The molecule has 0 atom stereocenters. The van der Waals surface area contributed by atoms with Gasteiger partial charge in [-0.2, -0.15) is 0 Å². The van der Waals surface area contributed by atoms with Gasteiger partial charge in [0.1, 0.15) is 0 Å². The van der Waals surface area contributed by atoms with Gasteiger partial charge in [-0.15, -0.1) is 0 Å². The minimum absolute atomic E-state index is 0.0365. The average molecular weight is 144 g/mol. The van der Waals surface area contributed by atoms with Crippen LogP contribution < -0.4 is 0 Å². The van der Waals surface area contributed by atoms with Crippen molar-refractivity contribution in [2.24, 2.45) is 0 Å². The number of nitrogens with zero attached hydrogens (tertiary/aromatic N) is 1. The van der Waals surface area contributed by atoms with Crippen LogP contribution in [0.15, 0.2) is 0 Å². The summed E-state index contributed by atoms with van der Waals surface area (Å²) in [5.74, 6) is 2.37. The van der Waals surface area contributed by atoms with Crippen LogP contribution in [-0.4, -0.2) is 15.0 Å². The van der Waals surface area contributed by atoms with Gasteiger partial charge in [0.25, 0.3) is 0 Å². The number of terminal acetylenes is 1. The topological polar surface area (TPSA) is 23.8 Å². The van der Waals surface area contributed by atoms with Crippen molar-refractivity contribution in [2.45, 2.75) is 5.32 Å². The normalized spacial score (nSPS) is 5.67. The third-order valence-corrected chi connectivity index (χ3v) is 1.14. The summed E-state index contributed by atoms with van der Waals surface area (Å²) in [6.07, 6.45) is 4.83. The van der Waals surface area contributed by atoms with E-state index >= 15 is 0 Å². The fourth-order valence-corrected chi connectivity index (χ4v) is 0.384. The van der Waals surface area contributed by atoms with Gasteiger partial charge >= 0.3 is 42.8 Å². The summed E-state index contributed by atoms with van der Waals surface area (Å²) in [7, 11) is 0. The van der Waals surface area contributed by atoms with Crippen molar-refractivity contribution < 1.29 is 0 Å². The van der Waals surface area contributed by atoms with E-state index in [0.717, 1.165) is 0 Å². The van der Waals surface area contributed by atoms with Crippen LogP contribution in [0.5, 0.6) is 0 Å². The zero-order valence-corrected chi connectivity index (χ0v) is 4.85. The van der Waals surface area contributed by atoms with Gasteiger partial charge in [-0.1, -0.05) is 0 Å². The Balaban J connectivity index is 2.78. The molecule has 30 valence electrons. The van der Waals surface area contributed by atoms with E-state index in [9.17, 15) is 0 Å². The summed E-state index contributed by atoms with van der Waals surface area (Å²) in [6.45, 7) is 0. The third-order valence-electron chi connectivity index (χ3n) is 0.220. The fraction of sp³-hybridized carbons (Fsp3) is 0.250. The van der Waals surface area contributed by atoms with Crippen LogP contribution in [0.2, 0.25) is 5.32 Å². The average Bonchev–Trinajstić information content (AvgIpc) is 1.61. The first kappa shape index (κ1) is 5.57. The quantitative estimate of drug-likeness (QED) is 0.293. The van der Waals surface area contributed by atoms with E-state index in [0.29, 0.717) is 5.32 Å². The zero-order chi connectivity index (χ0) is 4.83. The van der Waals surface area contributed by atoms with E-state index in [1.54, 1.807) is 0 Å². The molecule has 0 rings (SSSR count). The van der Waals surface area contributed by atoms with E-state index in [1.807, 2.05) is 4.97 Å². The molecule has 6 heavy (non-hydrogen) atoms. The van der Waals surface area contributed by atoms with Crippen LogP contribution in [-0.2, 0) is 0 Å². The first-order chi connectivity index (χ1) is 2.91. The second kappa shape index (κ2) is 4.57. The van der Waals surface area contributed by atoms with Crippen molar-refractivity contribution in [1.82, 2.24) is 0 Å². The Hall–Kier alpha value is -0.431. The van der Waals surface area contributed by atoms with Gasteiger partial charge in [0.15, 0.2) is 0 Å². The zero-order valence-electron chi connectivity index (χ0n) is 3.14. The standard InChI is InChI=1S/C4H3NSe/c1-2-3-6-4-5/h1H,3H2. The van der Waals surface area contributed by atoms with Crippen molar-refractivity contribution in [3.8, 4) is 17.3 Å². The van der Waals surface area contributed by atoms with Crippen LogP contribution in [0.3, 0.4) is 0 Å². The molecule has 0 aromatic heterocycles. The van der Waals surface area contributed by atoms with Crippen molar-refractivity contribution in [2.75, 3.05) is 0 Å². The monoisotopic (exact) mass is 145 g/mol. The van der Waals surface area contributed by atoms with Gasteiger partial charge in [0.05, 0.1) is 0 Å². The Kier molecular flexibility index (Phi) is 4.24. The molecule has 0 bridgehead atoms. The van der Waals surface area contributed by atoms with E-state index in [1.165, 1.54) is 0 Å². The molecule has 0 aromatic carbocycles. The molecule has 2 heteroatoms. The molecule has 0 fully saturated rings. The second-order valence-electron chi connectivity index (χ2n) is 0.584. The number of hydrogen-bond acceptors (Lipinski definition) is 1. The molecule has 0 aliphatic rings. The van der Waals surface area contributed by atoms with E-state index in [2.05, 4.69) is 5.92 Å². The van der Waals surface area contributed by atoms with Crippen LogP contribution in [0.4, 0.5) is 0 Å². The molecule has 0 spiro atoms. The molecule has 0 aromatic rings. The SMILES string of the molecule is C#CC[Se]C#N. The Bertz CT molecular complexity index is 81.1. The molecule has 0 amide bonds. The van der Waals surface area contributed by atoms with Crippen molar-refractivity contribution in [3.63, 3.8) is 0 Å². The van der Waals surface area contributed by atoms with Gasteiger partial charge < -0.3 is 0 Å². The summed E-state index contributed by atoms with van der Waals surface area (Å²) < 4.78 is 0. The van der Waals surface area contributed by atoms with Crippen molar-refractivity contribution in [1.29, 1.82) is 5.26 Å². The van der Waals surface area contributed by atoms with Crippen LogP contribution in [0.25, 0.3) is 0 Å². The van der Waals surface area contributed by atoms with E-state index in [-0.39, 0.29) is 15.0 Å². The molecule has 0 unspecified atom stereocenters. The van der Waals surface area contributed by atoms with Crippen molar-refractivity contribution in [3.05, 3.63) is 0 Å². The molecule has 0 heterocycles. The van der Waals surface area contributed by atoms with Crippen LogP contribution in [0, 0.1) is 22.6 Å². The predicted molar refractivity (Wildman–Crippen MR) is 25.0 cm³/mol. The predicted octanol–water partition coefficient (Wildman–Crippen LogP) is 0.223. The summed E-state index contributed by atoms with van der Waals surface area (Å²) in [5.41, 5.74) is 0.